The number of rotatable bonds is 2. The molecule has 58 valence electrons. The maximum Gasteiger partial charge on any atom is 0.0966 e. The third kappa shape index (κ3) is 2.67. The molecule has 0 aromatic carbocycles. The van der Waals surface area contributed by atoms with Gasteiger partial charge < -0.3 is 5.73 Å². The van der Waals surface area contributed by atoms with Crippen molar-refractivity contribution in [3.8, 4) is 0 Å². The number of hydrogen-bond donors (Lipinski definition) is 2. The summed E-state index contributed by atoms with van der Waals surface area (Å²) in [6, 6.07) is 3.72. The van der Waals surface area contributed by atoms with Crippen molar-refractivity contribution < 1.29 is 0 Å². The maximum atomic E-state index is 7.01. The monoisotopic (exact) mass is 213 g/mol. The van der Waals surface area contributed by atoms with Crippen LogP contribution in [0.4, 0.5) is 0 Å². The van der Waals surface area contributed by atoms with E-state index >= 15 is 0 Å². The molecular weight excluding hydrogens is 206 g/mol. The molecule has 0 amide bonds. The third-order valence-electron chi connectivity index (χ3n) is 1.16. The summed E-state index contributed by atoms with van der Waals surface area (Å²) < 4.78 is 0.935. The lowest BCUT2D eigenvalue weighted by atomic mass is 10.2. The number of nitrogens with zero attached hydrogens (tertiary/aromatic N) is 1. The first kappa shape index (κ1) is 8.20. The molecular formula is C7H8BrN3. The summed E-state index contributed by atoms with van der Waals surface area (Å²) in [5, 5.41) is 7.01. The van der Waals surface area contributed by atoms with Crippen LogP contribution < -0.4 is 5.73 Å². The van der Waals surface area contributed by atoms with Crippen molar-refractivity contribution in [1.82, 2.24) is 4.98 Å². The first-order valence-corrected chi connectivity index (χ1v) is 3.91. The highest BCUT2D eigenvalue weighted by Crippen LogP contribution is 2.07. The van der Waals surface area contributed by atoms with Crippen LogP contribution in [0.3, 0.4) is 0 Å². The number of pyridine rings is 1. The van der Waals surface area contributed by atoms with E-state index in [1.165, 1.54) is 0 Å². The Morgan fingerprint density at radius 2 is 2.36 bits per heavy atom. The van der Waals surface area contributed by atoms with Crippen LogP contribution in [0, 0.1) is 5.41 Å². The standard InChI is InChI=1S/C7H8BrN3/c8-5-1-2-6(11-4-5)3-7(9)10/h1-2,4H,3H2,(H3,9,10). The molecule has 0 atom stereocenters. The van der Waals surface area contributed by atoms with Crippen LogP contribution in [0.5, 0.6) is 0 Å². The number of nitrogens with two attached hydrogens (primary N) is 1. The van der Waals surface area contributed by atoms with Gasteiger partial charge in [0.05, 0.1) is 5.84 Å². The Balaban J connectivity index is 2.74. The van der Waals surface area contributed by atoms with Gasteiger partial charge in [0.25, 0.3) is 0 Å². The van der Waals surface area contributed by atoms with Gasteiger partial charge in [-0.3, -0.25) is 10.4 Å². The molecule has 1 rings (SSSR count). The molecule has 0 saturated heterocycles. The van der Waals surface area contributed by atoms with Crippen LogP contribution >= 0.6 is 15.9 Å². The first-order chi connectivity index (χ1) is 5.18. The van der Waals surface area contributed by atoms with Gasteiger partial charge in [-0.05, 0) is 28.1 Å². The zero-order chi connectivity index (χ0) is 8.27. The molecule has 1 heterocycles. The van der Waals surface area contributed by atoms with E-state index in [1.54, 1.807) is 6.20 Å². The van der Waals surface area contributed by atoms with Gasteiger partial charge in [-0.2, -0.15) is 0 Å². The largest absolute Gasteiger partial charge is 0.387 e. The SMILES string of the molecule is N=C(N)Cc1ccc(Br)cn1. The van der Waals surface area contributed by atoms with Crippen LogP contribution in [-0.2, 0) is 6.42 Å². The first-order valence-electron chi connectivity index (χ1n) is 3.12. The summed E-state index contributed by atoms with van der Waals surface area (Å²) in [7, 11) is 0. The van der Waals surface area contributed by atoms with Crippen LogP contribution in [0.1, 0.15) is 5.69 Å². The van der Waals surface area contributed by atoms with E-state index in [2.05, 4.69) is 20.9 Å². The molecule has 0 saturated carbocycles. The number of nitrogens with one attached hydrogen (secondary N) is 1. The molecule has 0 unspecified atom stereocenters. The zero-order valence-corrected chi connectivity index (χ0v) is 7.43. The fourth-order valence-electron chi connectivity index (χ4n) is 0.706. The van der Waals surface area contributed by atoms with Crippen LogP contribution in [0.2, 0.25) is 0 Å². The summed E-state index contributed by atoms with van der Waals surface area (Å²) in [5.74, 6) is 0.139. The van der Waals surface area contributed by atoms with E-state index in [4.69, 9.17) is 11.1 Å². The van der Waals surface area contributed by atoms with Crippen LogP contribution in [0.15, 0.2) is 22.8 Å². The van der Waals surface area contributed by atoms with Crippen molar-refractivity contribution >= 4 is 21.8 Å². The molecule has 4 heteroatoms. The molecule has 1 aromatic heterocycles. The highest BCUT2D eigenvalue weighted by molar-refractivity contribution is 9.10. The van der Waals surface area contributed by atoms with Gasteiger partial charge in [-0.1, -0.05) is 0 Å². The van der Waals surface area contributed by atoms with Crippen molar-refractivity contribution in [2.45, 2.75) is 6.42 Å². The minimum absolute atomic E-state index is 0.139. The van der Waals surface area contributed by atoms with E-state index in [0.717, 1.165) is 10.2 Å². The average Bonchev–Trinajstić information content (AvgIpc) is 1.93. The smallest absolute Gasteiger partial charge is 0.0966 e. The molecule has 0 spiro atoms. The molecule has 0 aliphatic carbocycles. The fraction of sp³-hybridized carbons (Fsp3) is 0.143. The number of aromatic nitrogens is 1. The minimum atomic E-state index is 0.139. The normalized spacial score (nSPS) is 9.55. The van der Waals surface area contributed by atoms with Gasteiger partial charge in [0.15, 0.2) is 0 Å². The summed E-state index contributed by atoms with van der Waals surface area (Å²) >= 11 is 3.26. The molecule has 0 aliphatic rings. The van der Waals surface area contributed by atoms with E-state index in [1.807, 2.05) is 12.1 Å². The van der Waals surface area contributed by atoms with Gasteiger partial charge in [-0.25, -0.2) is 0 Å². The van der Waals surface area contributed by atoms with Gasteiger partial charge in [0.1, 0.15) is 0 Å². The number of amidine groups is 1. The minimum Gasteiger partial charge on any atom is -0.387 e. The van der Waals surface area contributed by atoms with Gasteiger partial charge in [-0.15, -0.1) is 0 Å². The van der Waals surface area contributed by atoms with Crippen molar-refractivity contribution in [1.29, 1.82) is 5.41 Å². The summed E-state index contributed by atoms with van der Waals surface area (Å²) in [5.41, 5.74) is 6.01. The third-order valence-corrected chi connectivity index (χ3v) is 1.63. The Kier molecular flexibility index (Phi) is 2.59. The Morgan fingerprint density at radius 1 is 1.64 bits per heavy atom. The molecule has 0 radical (unpaired) electrons. The van der Waals surface area contributed by atoms with E-state index in [-0.39, 0.29) is 5.84 Å². The fourth-order valence-corrected chi connectivity index (χ4v) is 0.941. The van der Waals surface area contributed by atoms with E-state index < -0.39 is 0 Å². The topological polar surface area (TPSA) is 62.8 Å². The van der Waals surface area contributed by atoms with Gasteiger partial charge in [0, 0.05) is 22.8 Å². The molecule has 0 fully saturated rings. The van der Waals surface area contributed by atoms with Crippen molar-refractivity contribution in [2.24, 2.45) is 5.73 Å². The second-order valence-corrected chi connectivity index (χ2v) is 3.09. The van der Waals surface area contributed by atoms with Crippen molar-refractivity contribution in [3.05, 3.63) is 28.5 Å². The lowest BCUT2D eigenvalue weighted by Crippen LogP contribution is -2.13. The summed E-state index contributed by atoms with van der Waals surface area (Å²) in [6.45, 7) is 0. The second-order valence-electron chi connectivity index (χ2n) is 2.17. The lowest BCUT2D eigenvalue weighted by Gasteiger charge is -1.96. The molecule has 0 aliphatic heterocycles. The Bertz CT molecular complexity index is 255. The quantitative estimate of drug-likeness (QED) is 0.576. The van der Waals surface area contributed by atoms with Crippen molar-refractivity contribution in [3.63, 3.8) is 0 Å². The van der Waals surface area contributed by atoms with Crippen LogP contribution in [-0.4, -0.2) is 10.8 Å². The van der Waals surface area contributed by atoms with E-state index in [9.17, 15) is 0 Å². The average molecular weight is 214 g/mol. The van der Waals surface area contributed by atoms with Crippen molar-refractivity contribution in [2.75, 3.05) is 0 Å². The molecule has 3 nitrogen and oxygen atoms in total. The number of hydrogen-bond acceptors (Lipinski definition) is 2. The lowest BCUT2D eigenvalue weighted by molar-refractivity contribution is 1.11. The number of halogens is 1. The maximum absolute atomic E-state index is 7.01. The predicted molar refractivity (Wildman–Crippen MR) is 47.6 cm³/mol. The Hall–Kier alpha value is -0.900. The molecule has 11 heavy (non-hydrogen) atoms. The predicted octanol–water partition coefficient (Wildman–Crippen LogP) is 1.32. The second kappa shape index (κ2) is 3.48. The van der Waals surface area contributed by atoms with Gasteiger partial charge in [0.2, 0.25) is 0 Å². The highest BCUT2D eigenvalue weighted by Gasteiger charge is 1.95. The summed E-state index contributed by atoms with van der Waals surface area (Å²) in [6.07, 6.45) is 2.12. The summed E-state index contributed by atoms with van der Waals surface area (Å²) in [4.78, 5) is 4.05. The molecule has 1 aromatic rings. The highest BCUT2D eigenvalue weighted by atomic mass is 79.9. The molecule has 0 bridgehead atoms. The zero-order valence-electron chi connectivity index (χ0n) is 5.84. The molecule has 3 N–H and O–H groups in total. The van der Waals surface area contributed by atoms with E-state index in [0.29, 0.717) is 6.42 Å². The van der Waals surface area contributed by atoms with Gasteiger partial charge >= 0.3 is 0 Å². The van der Waals surface area contributed by atoms with Crippen LogP contribution in [0.25, 0.3) is 0 Å². The Labute approximate surface area is 73.3 Å². The Morgan fingerprint density at radius 3 is 2.82 bits per heavy atom.